The Morgan fingerprint density at radius 3 is 2.56 bits per heavy atom. The fourth-order valence-corrected chi connectivity index (χ4v) is 3.00. The molecule has 25 heavy (non-hydrogen) atoms. The van der Waals surface area contributed by atoms with E-state index in [0.29, 0.717) is 12.5 Å². The van der Waals surface area contributed by atoms with Crippen molar-refractivity contribution >= 4 is 5.91 Å². The highest BCUT2D eigenvalue weighted by molar-refractivity contribution is 5.77. The van der Waals surface area contributed by atoms with Crippen molar-refractivity contribution in [1.29, 1.82) is 0 Å². The molecule has 1 fully saturated rings. The number of likely N-dealkylation sites (tertiary alicyclic amines) is 1. The highest BCUT2D eigenvalue weighted by Gasteiger charge is 2.58. The standard InChI is InChI=1S/C16H25F3N4O2/c1-12-3-7-23(8-4-12)10-6-20-13(24)11-15(25,16(17,18)19)14-21-5-9-22(14)2/h5,9,12,25H,3-4,6-8,10-11H2,1-2H3,(H,20,24). The molecule has 1 unspecified atom stereocenters. The van der Waals surface area contributed by atoms with Crippen LogP contribution in [0.1, 0.15) is 32.0 Å². The van der Waals surface area contributed by atoms with Crippen LogP contribution in [0.3, 0.4) is 0 Å². The highest BCUT2D eigenvalue weighted by atomic mass is 19.4. The zero-order chi connectivity index (χ0) is 18.7. The summed E-state index contributed by atoms with van der Waals surface area (Å²) in [6, 6.07) is 0. The first kappa shape index (κ1) is 19.7. The Balaban J connectivity index is 1.91. The summed E-state index contributed by atoms with van der Waals surface area (Å²) in [7, 11) is 1.34. The van der Waals surface area contributed by atoms with Crippen molar-refractivity contribution in [3.05, 3.63) is 18.2 Å². The molecule has 2 N–H and O–H groups in total. The molecule has 0 saturated carbocycles. The maximum absolute atomic E-state index is 13.4. The number of carbonyl (C=O) groups excluding carboxylic acids is 1. The van der Waals surface area contributed by atoms with Gasteiger partial charge >= 0.3 is 6.18 Å². The fourth-order valence-electron chi connectivity index (χ4n) is 3.00. The van der Waals surface area contributed by atoms with E-state index in [1.54, 1.807) is 0 Å². The second-order valence-corrected chi connectivity index (χ2v) is 6.77. The molecule has 2 rings (SSSR count). The van der Waals surface area contributed by atoms with E-state index in [9.17, 15) is 23.1 Å². The molecule has 0 radical (unpaired) electrons. The Hall–Kier alpha value is -1.61. The van der Waals surface area contributed by atoms with Crippen molar-refractivity contribution in [2.45, 2.75) is 38.0 Å². The highest BCUT2D eigenvalue weighted by Crippen LogP contribution is 2.40. The summed E-state index contributed by atoms with van der Waals surface area (Å²) in [4.78, 5) is 17.7. The lowest BCUT2D eigenvalue weighted by molar-refractivity contribution is -0.271. The lowest BCUT2D eigenvalue weighted by Gasteiger charge is -2.31. The lowest BCUT2D eigenvalue weighted by Crippen LogP contribution is -2.48. The van der Waals surface area contributed by atoms with E-state index in [1.807, 2.05) is 0 Å². The SMILES string of the molecule is CC1CCN(CCNC(=O)CC(O)(c2nccn2C)C(F)(F)F)CC1. The van der Waals surface area contributed by atoms with Crippen LogP contribution in [0, 0.1) is 5.92 Å². The normalized spacial score (nSPS) is 19.6. The van der Waals surface area contributed by atoms with Crippen molar-refractivity contribution in [3.63, 3.8) is 0 Å². The number of rotatable bonds is 6. The summed E-state index contributed by atoms with van der Waals surface area (Å²) >= 11 is 0. The van der Waals surface area contributed by atoms with Gasteiger partial charge in [0.25, 0.3) is 0 Å². The third-order valence-electron chi connectivity index (χ3n) is 4.70. The molecule has 2 heterocycles. The van der Waals surface area contributed by atoms with E-state index in [1.165, 1.54) is 13.2 Å². The fraction of sp³-hybridized carbons (Fsp3) is 0.750. The minimum absolute atomic E-state index is 0.252. The first-order valence-corrected chi connectivity index (χ1v) is 8.39. The number of aryl methyl sites for hydroxylation is 1. The van der Waals surface area contributed by atoms with Gasteiger partial charge in [0.15, 0.2) is 5.82 Å². The average Bonchev–Trinajstić information content (AvgIpc) is 2.94. The van der Waals surface area contributed by atoms with E-state index in [0.717, 1.165) is 36.7 Å². The molecule has 0 bridgehead atoms. The number of carbonyl (C=O) groups is 1. The number of amides is 1. The number of piperidine rings is 1. The summed E-state index contributed by atoms with van der Waals surface area (Å²) in [6.07, 6.45) is -1.50. The number of aromatic nitrogens is 2. The summed E-state index contributed by atoms with van der Waals surface area (Å²) in [5, 5.41) is 12.6. The van der Waals surface area contributed by atoms with E-state index in [-0.39, 0.29) is 6.54 Å². The van der Waals surface area contributed by atoms with Crippen LogP contribution >= 0.6 is 0 Å². The largest absolute Gasteiger partial charge is 0.425 e. The van der Waals surface area contributed by atoms with Gasteiger partial charge in [0.05, 0.1) is 6.42 Å². The topological polar surface area (TPSA) is 70.4 Å². The van der Waals surface area contributed by atoms with Crippen LogP contribution in [0.25, 0.3) is 0 Å². The number of alkyl halides is 3. The van der Waals surface area contributed by atoms with Gasteiger partial charge in [0, 0.05) is 32.5 Å². The molecule has 6 nitrogen and oxygen atoms in total. The number of hydrogen-bond donors (Lipinski definition) is 2. The molecule has 0 spiro atoms. The number of hydrogen-bond acceptors (Lipinski definition) is 4. The van der Waals surface area contributed by atoms with Crippen LogP contribution < -0.4 is 5.32 Å². The summed E-state index contributed by atoms with van der Waals surface area (Å²) < 4.78 is 41.2. The third-order valence-corrected chi connectivity index (χ3v) is 4.70. The molecule has 9 heteroatoms. The van der Waals surface area contributed by atoms with Crippen LogP contribution in [-0.4, -0.2) is 57.8 Å². The molecular formula is C16H25F3N4O2. The van der Waals surface area contributed by atoms with Crippen molar-refractivity contribution < 1.29 is 23.1 Å². The van der Waals surface area contributed by atoms with Crippen molar-refractivity contribution in [2.75, 3.05) is 26.2 Å². The van der Waals surface area contributed by atoms with Gasteiger partial charge in [-0.3, -0.25) is 4.79 Å². The van der Waals surface area contributed by atoms with Crippen LogP contribution in [0.15, 0.2) is 12.4 Å². The van der Waals surface area contributed by atoms with Gasteiger partial charge in [-0.2, -0.15) is 13.2 Å². The zero-order valence-corrected chi connectivity index (χ0v) is 14.5. The molecule has 1 aliphatic rings. The number of nitrogens with one attached hydrogen (secondary N) is 1. The summed E-state index contributed by atoms with van der Waals surface area (Å²) in [6.45, 7) is 4.88. The van der Waals surface area contributed by atoms with Crippen molar-refractivity contribution in [3.8, 4) is 0 Å². The summed E-state index contributed by atoms with van der Waals surface area (Å²) in [5.41, 5.74) is -3.31. The van der Waals surface area contributed by atoms with Crippen LogP contribution in [0.2, 0.25) is 0 Å². The maximum atomic E-state index is 13.4. The Morgan fingerprint density at radius 1 is 1.40 bits per heavy atom. The maximum Gasteiger partial charge on any atom is 0.425 e. The van der Waals surface area contributed by atoms with Crippen LogP contribution in [0.5, 0.6) is 0 Å². The predicted molar refractivity (Wildman–Crippen MR) is 85.6 cm³/mol. The molecule has 1 aromatic heterocycles. The smallest absolute Gasteiger partial charge is 0.374 e. The molecule has 0 aliphatic carbocycles. The first-order chi connectivity index (χ1) is 11.6. The van der Waals surface area contributed by atoms with Gasteiger partial charge in [0.1, 0.15) is 0 Å². The minimum Gasteiger partial charge on any atom is -0.374 e. The van der Waals surface area contributed by atoms with Crippen LogP contribution in [-0.2, 0) is 17.4 Å². The van der Waals surface area contributed by atoms with E-state index < -0.39 is 29.9 Å². The van der Waals surface area contributed by atoms with Gasteiger partial charge in [0.2, 0.25) is 11.5 Å². The minimum atomic E-state index is -5.01. The third kappa shape index (κ3) is 4.72. The molecule has 1 atom stereocenters. The molecule has 1 amide bonds. The molecular weight excluding hydrogens is 337 g/mol. The number of halogens is 3. The van der Waals surface area contributed by atoms with Crippen molar-refractivity contribution in [1.82, 2.24) is 19.8 Å². The number of nitrogens with zero attached hydrogens (tertiary/aromatic N) is 3. The summed E-state index contributed by atoms with van der Waals surface area (Å²) in [5.74, 6) is -0.765. The van der Waals surface area contributed by atoms with E-state index in [2.05, 4.69) is 22.1 Å². The second-order valence-electron chi connectivity index (χ2n) is 6.77. The molecule has 1 aliphatic heterocycles. The monoisotopic (exact) mass is 362 g/mol. The van der Waals surface area contributed by atoms with Gasteiger partial charge in [-0.15, -0.1) is 0 Å². The van der Waals surface area contributed by atoms with Crippen LogP contribution in [0.4, 0.5) is 13.2 Å². The lowest BCUT2D eigenvalue weighted by atomic mass is 9.97. The Bertz CT molecular complexity index is 582. The second kappa shape index (κ2) is 7.74. The Labute approximate surface area is 145 Å². The molecule has 142 valence electrons. The van der Waals surface area contributed by atoms with Gasteiger partial charge < -0.3 is 19.9 Å². The number of imidazole rings is 1. The zero-order valence-electron chi connectivity index (χ0n) is 14.5. The van der Waals surface area contributed by atoms with Gasteiger partial charge in [-0.25, -0.2) is 4.98 Å². The van der Waals surface area contributed by atoms with Crippen molar-refractivity contribution in [2.24, 2.45) is 13.0 Å². The Morgan fingerprint density at radius 2 is 2.04 bits per heavy atom. The molecule has 0 aromatic carbocycles. The average molecular weight is 362 g/mol. The van der Waals surface area contributed by atoms with Gasteiger partial charge in [-0.1, -0.05) is 6.92 Å². The van der Waals surface area contributed by atoms with E-state index in [4.69, 9.17) is 0 Å². The number of aliphatic hydroxyl groups is 1. The van der Waals surface area contributed by atoms with Gasteiger partial charge in [-0.05, 0) is 31.8 Å². The molecule has 1 saturated heterocycles. The Kier molecular flexibility index (Phi) is 6.10. The first-order valence-electron chi connectivity index (χ1n) is 8.39. The predicted octanol–water partition coefficient (Wildman–Crippen LogP) is 1.41. The quantitative estimate of drug-likeness (QED) is 0.803. The van der Waals surface area contributed by atoms with E-state index >= 15 is 0 Å². The molecule has 1 aromatic rings.